The number of aromatic amines is 1. The van der Waals surface area contributed by atoms with Gasteiger partial charge >= 0.3 is 60.4 Å². The quantitative estimate of drug-likeness (QED) is 0.125. The van der Waals surface area contributed by atoms with Crippen molar-refractivity contribution in [2.75, 3.05) is 13.1 Å². The number of carbonyl (C=O) groups is 6. The zero-order chi connectivity index (χ0) is 34.4. The molecule has 0 amide bonds. The van der Waals surface area contributed by atoms with Gasteiger partial charge in [0.1, 0.15) is 12.6 Å². The van der Waals surface area contributed by atoms with Gasteiger partial charge in [-0.3, -0.25) is 4.79 Å². The Morgan fingerprint density at radius 2 is 1.56 bits per heavy atom. The van der Waals surface area contributed by atoms with Gasteiger partial charge in [0.2, 0.25) is 0 Å². The van der Waals surface area contributed by atoms with Crippen molar-refractivity contribution in [2.24, 2.45) is 5.73 Å². The third-order valence-corrected chi connectivity index (χ3v) is 4.89. The molecular weight excluding hydrogens is 661 g/mol. The number of halogens is 9. The van der Waals surface area contributed by atoms with E-state index in [1.165, 1.54) is 5.48 Å². The number of alkyl halides is 9. The third-order valence-electron chi connectivity index (χ3n) is 4.89. The summed E-state index contributed by atoms with van der Waals surface area (Å²) in [6.45, 7) is -2.02. The van der Waals surface area contributed by atoms with E-state index < -0.39 is 98.1 Å². The summed E-state index contributed by atoms with van der Waals surface area (Å²) in [7, 11) is 0. The fourth-order valence-corrected chi connectivity index (χ4v) is 3.00. The highest BCUT2D eigenvalue weighted by atomic mass is 19.4. The molecule has 0 spiro atoms. The number of rotatable bonds is 10. The highest BCUT2D eigenvalue weighted by molar-refractivity contribution is 5.85. The summed E-state index contributed by atoms with van der Waals surface area (Å²) < 4.78 is 120. The van der Waals surface area contributed by atoms with Crippen LogP contribution in [0.4, 0.5) is 39.5 Å². The maximum atomic E-state index is 12.7. The number of hydrogen-bond acceptors (Lipinski definition) is 16. The minimum atomic E-state index is -5.69. The molecule has 1 aliphatic rings. The van der Waals surface area contributed by atoms with Crippen LogP contribution in [0.2, 0.25) is 0 Å². The summed E-state index contributed by atoms with van der Waals surface area (Å²) in [5.41, 5.74) is 3.59. The van der Waals surface area contributed by atoms with Crippen LogP contribution in [0, 0.1) is 0 Å². The van der Waals surface area contributed by atoms with Crippen LogP contribution in [0.5, 0.6) is 6.01 Å². The summed E-state index contributed by atoms with van der Waals surface area (Å²) >= 11 is 0. The van der Waals surface area contributed by atoms with Gasteiger partial charge in [-0.15, -0.1) is 5.48 Å². The predicted molar refractivity (Wildman–Crippen MR) is 111 cm³/mol. The van der Waals surface area contributed by atoms with Crippen molar-refractivity contribution in [1.29, 1.82) is 0 Å². The topological polar surface area (TPSA) is 228 Å². The number of H-pyrrole nitrogens is 1. The van der Waals surface area contributed by atoms with Crippen LogP contribution >= 0.6 is 0 Å². The molecule has 4 N–H and O–H groups in total. The van der Waals surface area contributed by atoms with E-state index in [0.29, 0.717) is 0 Å². The average Bonchev–Trinajstić information content (AvgIpc) is 3.52. The molecule has 1 fully saturated rings. The third kappa shape index (κ3) is 10.2. The van der Waals surface area contributed by atoms with Crippen LogP contribution in [-0.2, 0) is 59.4 Å². The maximum absolute atomic E-state index is 12.7. The number of ether oxygens (including phenoxy) is 2. The molecule has 1 unspecified atom stereocenters. The maximum Gasteiger partial charge on any atom is 0.495 e. The number of aromatic nitrogens is 2. The minimum absolute atomic E-state index is 0.183. The van der Waals surface area contributed by atoms with Crippen molar-refractivity contribution in [3.05, 3.63) is 11.9 Å². The second-order valence-electron chi connectivity index (χ2n) is 8.23. The largest absolute Gasteiger partial charge is 0.495 e. The number of esters is 2. The number of nitrogens with one attached hydrogen (secondary N) is 2. The van der Waals surface area contributed by atoms with Crippen molar-refractivity contribution in [1.82, 2.24) is 20.5 Å². The van der Waals surface area contributed by atoms with Crippen LogP contribution in [0.1, 0.15) is 18.5 Å². The molecule has 17 nitrogen and oxygen atoms in total. The molecular formula is C19H16F9N5O12. The Balaban J connectivity index is 2.17. The first-order valence-electron chi connectivity index (χ1n) is 11.4. The van der Waals surface area contributed by atoms with E-state index in [4.69, 9.17) is 15.3 Å². The molecule has 0 saturated carbocycles. The molecule has 0 bridgehead atoms. The zero-order valence-corrected chi connectivity index (χ0v) is 21.5. The van der Waals surface area contributed by atoms with Gasteiger partial charge in [-0.25, -0.2) is 38.7 Å². The van der Waals surface area contributed by atoms with Gasteiger partial charge < -0.3 is 29.9 Å². The number of hydroxylamine groups is 3. The molecule has 2 atom stereocenters. The van der Waals surface area contributed by atoms with Crippen LogP contribution in [-0.4, -0.2) is 94.2 Å². The average molecular weight is 677 g/mol. The second kappa shape index (κ2) is 13.9. The molecule has 1 saturated heterocycles. The second-order valence-corrected chi connectivity index (χ2v) is 8.23. The fraction of sp³-hybridized carbons (Fsp3) is 0.526. The fourth-order valence-electron chi connectivity index (χ4n) is 3.00. The standard InChI is InChI=1S/C19H16F9N5O12/c20-17(21,22)12(37)40-15-30-5-7(32-15)4-8(29)10(35)43-33-3-1-2-16(33,11(36)44-45-14(39)19(26,27)28)41-9(34)6-31-42-13(38)18(23,24)25/h5,8,31H,1-4,6,29H2,(H,30,32)/t8?,16-/m1/s1. The number of carbonyl (C=O) groups excluding carboxylic acids is 6. The van der Waals surface area contributed by atoms with E-state index in [9.17, 15) is 68.3 Å². The zero-order valence-electron chi connectivity index (χ0n) is 21.5. The van der Waals surface area contributed by atoms with Crippen molar-refractivity contribution in [3.8, 4) is 6.01 Å². The monoisotopic (exact) mass is 677 g/mol. The van der Waals surface area contributed by atoms with Crippen LogP contribution in [0.15, 0.2) is 6.20 Å². The number of imidazole rings is 1. The molecule has 1 aliphatic heterocycles. The highest BCUT2D eigenvalue weighted by Gasteiger charge is 2.57. The molecule has 0 aliphatic carbocycles. The Labute approximate surface area is 240 Å². The summed E-state index contributed by atoms with van der Waals surface area (Å²) in [6, 6.07) is -2.75. The van der Waals surface area contributed by atoms with E-state index in [-0.39, 0.29) is 17.2 Å². The van der Waals surface area contributed by atoms with Crippen LogP contribution in [0.3, 0.4) is 0 Å². The number of nitrogens with zero attached hydrogens (tertiary/aromatic N) is 2. The Bertz CT molecular complexity index is 1300. The van der Waals surface area contributed by atoms with E-state index in [0.717, 1.165) is 6.20 Å². The molecule has 0 radical (unpaired) electrons. The van der Waals surface area contributed by atoms with Crippen molar-refractivity contribution in [2.45, 2.75) is 49.6 Å². The van der Waals surface area contributed by atoms with Crippen LogP contribution < -0.4 is 16.0 Å². The van der Waals surface area contributed by atoms with Crippen molar-refractivity contribution < 1.29 is 97.2 Å². The first-order chi connectivity index (χ1) is 20.6. The predicted octanol–water partition coefficient (Wildman–Crippen LogP) is -0.286. The van der Waals surface area contributed by atoms with Gasteiger partial charge in [-0.1, -0.05) is 5.06 Å². The molecule has 252 valence electrons. The van der Waals surface area contributed by atoms with Crippen molar-refractivity contribution >= 4 is 35.8 Å². The SMILES string of the molecule is NC(Cc1cnc(OC(=O)C(F)(F)F)[nH]1)C(=O)ON1CCC[C@@]1(OC(=O)CNOC(=O)C(F)(F)F)C(=O)OOC(=O)C(F)(F)F. The molecule has 1 aromatic heterocycles. The lowest BCUT2D eigenvalue weighted by molar-refractivity contribution is -0.316. The first kappa shape index (κ1) is 36.5. The molecule has 45 heavy (non-hydrogen) atoms. The smallest absolute Gasteiger partial charge is 0.428 e. The minimum Gasteiger partial charge on any atom is -0.428 e. The van der Waals surface area contributed by atoms with E-state index in [2.05, 4.69) is 29.3 Å². The Morgan fingerprint density at radius 1 is 0.956 bits per heavy atom. The van der Waals surface area contributed by atoms with E-state index in [1.807, 2.05) is 0 Å². The lowest BCUT2D eigenvalue weighted by Gasteiger charge is -2.33. The Kier molecular flexibility index (Phi) is 11.3. The van der Waals surface area contributed by atoms with Gasteiger partial charge in [0.05, 0.1) is 6.20 Å². The molecule has 26 heteroatoms. The lowest BCUT2D eigenvalue weighted by atomic mass is 10.1. The normalized spacial score (nSPS) is 18.0. The number of nitrogens with two attached hydrogens (primary N) is 1. The van der Waals surface area contributed by atoms with Gasteiger partial charge in [-0.2, -0.15) is 39.5 Å². The lowest BCUT2D eigenvalue weighted by Crippen LogP contribution is -2.57. The first-order valence-corrected chi connectivity index (χ1v) is 11.4. The molecule has 1 aromatic rings. The summed E-state index contributed by atoms with van der Waals surface area (Å²) in [5, 5.41) is 0.183. The van der Waals surface area contributed by atoms with E-state index in [1.54, 1.807) is 0 Å². The Morgan fingerprint density at radius 3 is 2.13 bits per heavy atom. The summed E-state index contributed by atoms with van der Waals surface area (Å²) in [5.74, 6) is -14.0. The van der Waals surface area contributed by atoms with Gasteiger partial charge in [0, 0.05) is 25.1 Å². The Hall–Kier alpha value is -4.72. The highest BCUT2D eigenvalue weighted by Crippen LogP contribution is 2.33. The summed E-state index contributed by atoms with van der Waals surface area (Å²) in [4.78, 5) is 91.0. The van der Waals surface area contributed by atoms with Gasteiger partial charge in [-0.05, 0) is 6.42 Å². The molecule has 0 aromatic carbocycles. The van der Waals surface area contributed by atoms with Crippen molar-refractivity contribution in [3.63, 3.8) is 0 Å². The summed E-state index contributed by atoms with van der Waals surface area (Å²) in [6.07, 6.45) is -17.5. The van der Waals surface area contributed by atoms with E-state index >= 15 is 0 Å². The van der Waals surface area contributed by atoms with Crippen LogP contribution in [0.25, 0.3) is 0 Å². The molecule has 2 heterocycles. The number of hydrogen-bond donors (Lipinski definition) is 3. The van der Waals surface area contributed by atoms with Gasteiger partial charge in [0.25, 0.3) is 5.72 Å². The molecule has 2 rings (SSSR count). The van der Waals surface area contributed by atoms with Gasteiger partial charge in [0.15, 0.2) is 0 Å².